The number of benzene rings is 1. The van der Waals surface area contributed by atoms with Gasteiger partial charge in [0.2, 0.25) is 5.91 Å². The van der Waals surface area contributed by atoms with E-state index in [0.29, 0.717) is 18.0 Å². The minimum Gasteiger partial charge on any atom is -0.399 e. The molecular weight excluding hydrogens is 236 g/mol. The maximum atomic E-state index is 12.3. The molecule has 0 unspecified atom stereocenters. The molecule has 0 bridgehead atoms. The minimum absolute atomic E-state index is 0.194. The Morgan fingerprint density at radius 3 is 2.47 bits per heavy atom. The normalized spacial score (nSPS) is 10.7. The molecule has 19 heavy (non-hydrogen) atoms. The zero-order valence-corrected chi connectivity index (χ0v) is 12.4. The Balaban J connectivity index is 2.63. The van der Waals surface area contributed by atoms with Crippen LogP contribution in [-0.4, -0.2) is 23.9 Å². The Morgan fingerprint density at radius 1 is 1.26 bits per heavy atom. The first-order valence-corrected chi connectivity index (χ1v) is 7.22. The highest BCUT2D eigenvalue weighted by Crippen LogP contribution is 2.13. The van der Waals surface area contributed by atoms with E-state index in [1.54, 1.807) is 0 Å². The lowest BCUT2D eigenvalue weighted by atomic mass is 10.0. The van der Waals surface area contributed by atoms with E-state index in [9.17, 15) is 4.79 Å². The summed E-state index contributed by atoms with van der Waals surface area (Å²) in [5.41, 5.74) is 7.45. The van der Waals surface area contributed by atoms with E-state index in [1.165, 1.54) is 0 Å². The van der Waals surface area contributed by atoms with Crippen LogP contribution in [0, 0.1) is 5.92 Å². The molecule has 1 amide bonds. The molecule has 106 valence electrons. The molecule has 0 atom stereocenters. The van der Waals surface area contributed by atoms with Gasteiger partial charge in [-0.25, -0.2) is 0 Å². The third-order valence-electron chi connectivity index (χ3n) is 3.67. The van der Waals surface area contributed by atoms with Crippen molar-refractivity contribution < 1.29 is 4.79 Å². The van der Waals surface area contributed by atoms with Crippen LogP contribution in [0.3, 0.4) is 0 Å². The van der Waals surface area contributed by atoms with Crippen molar-refractivity contribution in [2.45, 2.75) is 40.0 Å². The number of carbonyl (C=O) groups is 1. The Bertz CT molecular complexity index is 399. The van der Waals surface area contributed by atoms with Crippen molar-refractivity contribution in [2.75, 3.05) is 18.8 Å². The molecular formula is C16H26N2O. The first-order valence-electron chi connectivity index (χ1n) is 7.22. The van der Waals surface area contributed by atoms with Crippen molar-refractivity contribution in [2.24, 2.45) is 5.92 Å². The van der Waals surface area contributed by atoms with Gasteiger partial charge in [-0.1, -0.05) is 38.8 Å². The number of hydrogen-bond donors (Lipinski definition) is 1. The molecule has 3 heteroatoms. The van der Waals surface area contributed by atoms with Gasteiger partial charge in [-0.05, 0) is 30.5 Å². The standard InChI is InChI=1S/C16H26N2O/c1-4-13(5-2)12-18(6-3)16(19)11-14-8-7-9-15(17)10-14/h7-10,13H,4-6,11-12,17H2,1-3H3. The number of anilines is 1. The Kier molecular flexibility index (Phi) is 6.40. The van der Waals surface area contributed by atoms with Crippen LogP contribution < -0.4 is 5.73 Å². The summed E-state index contributed by atoms with van der Waals surface area (Å²) in [6.45, 7) is 8.05. The largest absolute Gasteiger partial charge is 0.399 e. The van der Waals surface area contributed by atoms with E-state index in [0.717, 1.165) is 31.5 Å². The molecule has 0 aliphatic carbocycles. The third kappa shape index (κ3) is 4.93. The van der Waals surface area contributed by atoms with Gasteiger partial charge in [-0.15, -0.1) is 0 Å². The smallest absolute Gasteiger partial charge is 0.226 e. The number of nitrogen functional groups attached to an aromatic ring is 1. The highest BCUT2D eigenvalue weighted by Gasteiger charge is 2.16. The highest BCUT2D eigenvalue weighted by molar-refractivity contribution is 5.79. The summed E-state index contributed by atoms with van der Waals surface area (Å²) < 4.78 is 0. The molecule has 3 nitrogen and oxygen atoms in total. The van der Waals surface area contributed by atoms with Gasteiger partial charge >= 0.3 is 0 Å². The lowest BCUT2D eigenvalue weighted by Crippen LogP contribution is -2.36. The van der Waals surface area contributed by atoms with Crippen LogP contribution in [0.2, 0.25) is 0 Å². The molecule has 0 saturated carbocycles. The van der Waals surface area contributed by atoms with Gasteiger partial charge < -0.3 is 10.6 Å². The second-order valence-corrected chi connectivity index (χ2v) is 5.04. The molecule has 0 saturated heterocycles. The van der Waals surface area contributed by atoms with Crippen LogP contribution in [0.15, 0.2) is 24.3 Å². The van der Waals surface area contributed by atoms with Crippen molar-refractivity contribution >= 4 is 11.6 Å². The van der Waals surface area contributed by atoms with Gasteiger partial charge in [0.1, 0.15) is 0 Å². The van der Waals surface area contributed by atoms with Gasteiger partial charge in [-0.3, -0.25) is 4.79 Å². The van der Waals surface area contributed by atoms with Crippen LogP contribution in [0.5, 0.6) is 0 Å². The summed E-state index contributed by atoms with van der Waals surface area (Å²) in [5, 5.41) is 0. The number of nitrogens with two attached hydrogens (primary N) is 1. The SMILES string of the molecule is CCC(CC)CN(CC)C(=O)Cc1cccc(N)c1. The molecule has 0 aliphatic heterocycles. The molecule has 1 aromatic rings. The maximum absolute atomic E-state index is 12.3. The molecule has 0 fully saturated rings. The van der Waals surface area contributed by atoms with Crippen molar-refractivity contribution in [3.8, 4) is 0 Å². The predicted molar refractivity (Wildman–Crippen MR) is 80.9 cm³/mol. The topological polar surface area (TPSA) is 46.3 Å². The monoisotopic (exact) mass is 262 g/mol. The van der Waals surface area contributed by atoms with Crippen molar-refractivity contribution in [3.05, 3.63) is 29.8 Å². The highest BCUT2D eigenvalue weighted by atomic mass is 16.2. The van der Waals surface area contributed by atoms with Gasteiger partial charge in [-0.2, -0.15) is 0 Å². The molecule has 0 heterocycles. The fourth-order valence-electron chi connectivity index (χ4n) is 2.26. The fourth-order valence-corrected chi connectivity index (χ4v) is 2.26. The van der Waals surface area contributed by atoms with E-state index in [2.05, 4.69) is 13.8 Å². The molecule has 0 aliphatic rings. The van der Waals surface area contributed by atoms with Gasteiger partial charge in [0.05, 0.1) is 6.42 Å². The van der Waals surface area contributed by atoms with Crippen LogP contribution in [0.25, 0.3) is 0 Å². The molecule has 2 N–H and O–H groups in total. The Labute approximate surface area is 116 Å². The van der Waals surface area contributed by atoms with Crippen LogP contribution in [-0.2, 0) is 11.2 Å². The average molecular weight is 262 g/mol. The van der Waals surface area contributed by atoms with Crippen molar-refractivity contribution in [1.29, 1.82) is 0 Å². The molecule has 0 spiro atoms. The summed E-state index contributed by atoms with van der Waals surface area (Å²) in [6.07, 6.45) is 2.69. The number of rotatable bonds is 7. The molecule has 1 rings (SSSR count). The van der Waals surface area contributed by atoms with Crippen LogP contribution >= 0.6 is 0 Å². The lowest BCUT2D eigenvalue weighted by molar-refractivity contribution is -0.130. The summed E-state index contributed by atoms with van der Waals surface area (Å²) >= 11 is 0. The predicted octanol–water partition coefficient (Wildman–Crippen LogP) is 3.10. The summed E-state index contributed by atoms with van der Waals surface area (Å²) in [7, 11) is 0. The van der Waals surface area contributed by atoms with Crippen molar-refractivity contribution in [1.82, 2.24) is 4.90 Å². The van der Waals surface area contributed by atoms with Crippen LogP contribution in [0.1, 0.15) is 39.2 Å². The summed E-state index contributed by atoms with van der Waals surface area (Å²) in [4.78, 5) is 14.3. The summed E-state index contributed by atoms with van der Waals surface area (Å²) in [5.74, 6) is 0.796. The molecule has 0 aromatic heterocycles. The first-order chi connectivity index (χ1) is 9.10. The van der Waals surface area contributed by atoms with E-state index in [1.807, 2.05) is 36.1 Å². The Hall–Kier alpha value is -1.51. The second-order valence-electron chi connectivity index (χ2n) is 5.04. The zero-order chi connectivity index (χ0) is 14.3. The summed E-state index contributed by atoms with van der Waals surface area (Å²) in [6, 6.07) is 7.58. The van der Waals surface area contributed by atoms with E-state index < -0.39 is 0 Å². The van der Waals surface area contributed by atoms with E-state index in [4.69, 9.17) is 5.73 Å². The maximum Gasteiger partial charge on any atom is 0.226 e. The number of likely N-dealkylation sites (N-methyl/N-ethyl adjacent to an activating group) is 1. The van der Waals surface area contributed by atoms with Gasteiger partial charge in [0.15, 0.2) is 0 Å². The number of hydrogen-bond acceptors (Lipinski definition) is 2. The van der Waals surface area contributed by atoms with Crippen molar-refractivity contribution in [3.63, 3.8) is 0 Å². The average Bonchev–Trinajstić information content (AvgIpc) is 2.40. The Morgan fingerprint density at radius 2 is 1.95 bits per heavy atom. The number of carbonyl (C=O) groups excluding carboxylic acids is 1. The number of nitrogens with zero attached hydrogens (tertiary/aromatic N) is 1. The minimum atomic E-state index is 0.194. The zero-order valence-electron chi connectivity index (χ0n) is 12.4. The fraction of sp³-hybridized carbons (Fsp3) is 0.562. The van der Waals surface area contributed by atoms with Gasteiger partial charge in [0.25, 0.3) is 0 Å². The van der Waals surface area contributed by atoms with Crippen LogP contribution in [0.4, 0.5) is 5.69 Å². The third-order valence-corrected chi connectivity index (χ3v) is 3.67. The quantitative estimate of drug-likeness (QED) is 0.767. The van der Waals surface area contributed by atoms with E-state index >= 15 is 0 Å². The second kappa shape index (κ2) is 7.82. The number of amides is 1. The lowest BCUT2D eigenvalue weighted by Gasteiger charge is -2.25. The van der Waals surface area contributed by atoms with Gasteiger partial charge in [0, 0.05) is 18.8 Å². The molecule has 1 aromatic carbocycles. The van der Waals surface area contributed by atoms with E-state index in [-0.39, 0.29) is 5.91 Å². The molecule has 0 radical (unpaired) electrons. The first kappa shape index (κ1) is 15.5.